The third-order valence-corrected chi connectivity index (χ3v) is 3.80. The smallest absolute Gasteiger partial charge is 0.328 e. The second-order valence-electron chi connectivity index (χ2n) is 4.63. The van der Waals surface area contributed by atoms with Gasteiger partial charge < -0.3 is 9.64 Å². The number of methoxy groups -OCH3 is 1. The zero-order valence-electron chi connectivity index (χ0n) is 11.1. The number of nitrogens with zero attached hydrogens (tertiary/aromatic N) is 1. The number of likely N-dealkylation sites (tertiary alicyclic amines) is 1. The van der Waals surface area contributed by atoms with Crippen LogP contribution < -0.4 is 0 Å². The molecule has 0 aliphatic carbocycles. The molecule has 1 aliphatic rings. The van der Waals surface area contributed by atoms with Gasteiger partial charge in [-0.05, 0) is 31.4 Å². The van der Waals surface area contributed by atoms with Gasteiger partial charge in [0.05, 0.1) is 17.7 Å². The number of rotatable bonds is 2. The average molecular weight is 300 g/mol. The minimum Gasteiger partial charge on any atom is -0.467 e. The molecule has 0 N–H and O–H groups in total. The summed E-state index contributed by atoms with van der Waals surface area (Å²) < 4.78 is 18.2. The largest absolute Gasteiger partial charge is 0.467 e. The molecule has 6 heteroatoms. The summed E-state index contributed by atoms with van der Waals surface area (Å²) in [4.78, 5) is 25.6. The predicted molar refractivity (Wildman–Crippen MR) is 72.1 cm³/mol. The van der Waals surface area contributed by atoms with Gasteiger partial charge in [-0.1, -0.05) is 17.7 Å². The van der Waals surface area contributed by atoms with Crippen molar-refractivity contribution in [3.8, 4) is 0 Å². The van der Waals surface area contributed by atoms with Crippen molar-refractivity contribution in [2.24, 2.45) is 0 Å². The van der Waals surface area contributed by atoms with E-state index >= 15 is 0 Å². The van der Waals surface area contributed by atoms with Gasteiger partial charge in [0.1, 0.15) is 11.9 Å². The van der Waals surface area contributed by atoms with Crippen LogP contribution in [-0.4, -0.2) is 36.5 Å². The maximum Gasteiger partial charge on any atom is 0.328 e. The molecule has 1 atom stereocenters. The molecule has 0 spiro atoms. The van der Waals surface area contributed by atoms with Crippen LogP contribution in [0.4, 0.5) is 4.39 Å². The molecule has 0 aromatic heterocycles. The zero-order valence-corrected chi connectivity index (χ0v) is 11.8. The third-order valence-electron chi connectivity index (χ3n) is 3.42. The first kappa shape index (κ1) is 14.8. The van der Waals surface area contributed by atoms with Crippen LogP contribution in [0.1, 0.15) is 29.6 Å². The Balaban J connectivity index is 2.30. The highest BCUT2D eigenvalue weighted by molar-refractivity contribution is 6.34. The Morgan fingerprint density at radius 1 is 1.40 bits per heavy atom. The van der Waals surface area contributed by atoms with Gasteiger partial charge in [0.2, 0.25) is 0 Å². The van der Waals surface area contributed by atoms with Crippen molar-refractivity contribution in [1.29, 1.82) is 0 Å². The number of piperidine rings is 1. The fourth-order valence-corrected chi connectivity index (χ4v) is 2.59. The highest BCUT2D eigenvalue weighted by Gasteiger charge is 2.34. The quantitative estimate of drug-likeness (QED) is 0.789. The lowest BCUT2D eigenvalue weighted by Gasteiger charge is -2.34. The van der Waals surface area contributed by atoms with Crippen molar-refractivity contribution in [3.63, 3.8) is 0 Å². The second-order valence-corrected chi connectivity index (χ2v) is 5.01. The first-order valence-electron chi connectivity index (χ1n) is 6.39. The standard InChI is InChI=1S/C14H15ClFNO3/c1-20-14(19)11-7-2-3-8-17(11)13(18)9-5-4-6-10(16)12(9)15/h4-6,11H,2-3,7-8H2,1H3/t11-/m1/s1. The van der Waals surface area contributed by atoms with Gasteiger partial charge in [-0.2, -0.15) is 0 Å². The first-order valence-corrected chi connectivity index (χ1v) is 6.77. The van der Waals surface area contributed by atoms with E-state index in [1.165, 1.54) is 30.2 Å². The maximum atomic E-state index is 13.4. The summed E-state index contributed by atoms with van der Waals surface area (Å²) in [5.74, 6) is -1.54. The number of halogens is 2. The number of carbonyl (C=O) groups is 2. The molecule has 1 fully saturated rings. The maximum absolute atomic E-state index is 13.4. The Kier molecular flexibility index (Phi) is 4.60. The topological polar surface area (TPSA) is 46.6 Å². The van der Waals surface area contributed by atoms with Crippen molar-refractivity contribution >= 4 is 23.5 Å². The number of ether oxygens (including phenoxy) is 1. The zero-order chi connectivity index (χ0) is 14.7. The van der Waals surface area contributed by atoms with Gasteiger partial charge in [0.25, 0.3) is 5.91 Å². The number of hydrogen-bond acceptors (Lipinski definition) is 3. The molecule has 1 saturated heterocycles. The normalized spacial score (nSPS) is 18.8. The van der Waals surface area contributed by atoms with Crippen LogP contribution in [0.2, 0.25) is 5.02 Å². The van der Waals surface area contributed by atoms with Crippen LogP contribution in [0.15, 0.2) is 18.2 Å². The number of hydrogen-bond donors (Lipinski definition) is 0. The number of esters is 1. The Labute approximate surface area is 121 Å². The van der Waals surface area contributed by atoms with Crippen molar-refractivity contribution in [2.75, 3.05) is 13.7 Å². The van der Waals surface area contributed by atoms with E-state index in [2.05, 4.69) is 0 Å². The Bertz CT molecular complexity index is 535. The Morgan fingerprint density at radius 2 is 2.15 bits per heavy atom. The van der Waals surface area contributed by atoms with E-state index < -0.39 is 23.7 Å². The lowest BCUT2D eigenvalue weighted by Crippen LogP contribution is -2.48. The summed E-state index contributed by atoms with van der Waals surface area (Å²) in [6, 6.07) is 3.44. The lowest BCUT2D eigenvalue weighted by atomic mass is 10.0. The van der Waals surface area contributed by atoms with E-state index in [0.29, 0.717) is 13.0 Å². The number of amides is 1. The summed E-state index contributed by atoms with van der Waals surface area (Å²) in [6.07, 6.45) is 2.19. The predicted octanol–water partition coefficient (Wildman–Crippen LogP) is 2.65. The molecule has 1 aromatic rings. The summed E-state index contributed by atoms with van der Waals surface area (Å²) in [6.45, 7) is 0.436. The summed E-state index contributed by atoms with van der Waals surface area (Å²) in [7, 11) is 1.29. The van der Waals surface area contributed by atoms with Crippen LogP contribution in [0, 0.1) is 5.82 Å². The average Bonchev–Trinajstić information content (AvgIpc) is 2.48. The first-order chi connectivity index (χ1) is 9.56. The van der Waals surface area contributed by atoms with Crippen molar-refractivity contribution in [2.45, 2.75) is 25.3 Å². The highest BCUT2D eigenvalue weighted by Crippen LogP contribution is 2.25. The second kappa shape index (κ2) is 6.22. The van der Waals surface area contributed by atoms with Crippen LogP contribution in [0.25, 0.3) is 0 Å². The van der Waals surface area contributed by atoms with E-state index in [-0.39, 0.29) is 10.6 Å². The fourth-order valence-electron chi connectivity index (χ4n) is 2.38. The summed E-state index contributed by atoms with van der Waals surface area (Å²) in [5, 5.41) is -0.216. The van der Waals surface area contributed by atoms with E-state index in [4.69, 9.17) is 16.3 Å². The van der Waals surface area contributed by atoms with Gasteiger partial charge in [0, 0.05) is 6.54 Å². The molecule has 0 radical (unpaired) electrons. The van der Waals surface area contributed by atoms with Crippen LogP contribution in [0.3, 0.4) is 0 Å². The highest BCUT2D eigenvalue weighted by atomic mass is 35.5. The van der Waals surface area contributed by atoms with Crippen LogP contribution >= 0.6 is 11.6 Å². The van der Waals surface area contributed by atoms with Crippen molar-refractivity contribution in [3.05, 3.63) is 34.6 Å². The van der Waals surface area contributed by atoms with E-state index in [1.807, 2.05) is 0 Å². The van der Waals surface area contributed by atoms with Crippen LogP contribution in [0.5, 0.6) is 0 Å². The summed E-state index contributed by atoms with van der Waals surface area (Å²) >= 11 is 5.83. The minimum absolute atomic E-state index is 0.0717. The molecule has 1 aliphatic heterocycles. The molecule has 0 saturated carbocycles. The monoisotopic (exact) mass is 299 g/mol. The lowest BCUT2D eigenvalue weighted by molar-refractivity contribution is -0.147. The molecule has 20 heavy (non-hydrogen) atoms. The third kappa shape index (κ3) is 2.77. The molecular formula is C14H15ClFNO3. The van der Waals surface area contributed by atoms with E-state index in [1.54, 1.807) is 0 Å². The SMILES string of the molecule is COC(=O)[C@H]1CCCCN1C(=O)c1cccc(F)c1Cl. The van der Waals surface area contributed by atoms with Crippen LogP contribution in [-0.2, 0) is 9.53 Å². The number of carbonyl (C=O) groups excluding carboxylic acids is 2. The minimum atomic E-state index is -0.649. The molecule has 108 valence electrons. The van der Waals surface area contributed by atoms with Gasteiger partial charge in [-0.25, -0.2) is 9.18 Å². The van der Waals surface area contributed by atoms with Crippen molar-refractivity contribution in [1.82, 2.24) is 4.90 Å². The summed E-state index contributed by atoms with van der Waals surface area (Å²) in [5.41, 5.74) is 0.0717. The molecule has 4 nitrogen and oxygen atoms in total. The Hall–Kier alpha value is -1.62. The molecule has 1 heterocycles. The van der Waals surface area contributed by atoms with Gasteiger partial charge in [0.15, 0.2) is 0 Å². The van der Waals surface area contributed by atoms with Gasteiger partial charge >= 0.3 is 5.97 Å². The number of benzene rings is 1. The van der Waals surface area contributed by atoms with E-state index in [0.717, 1.165) is 12.8 Å². The molecular weight excluding hydrogens is 285 g/mol. The molecule has 2 rings (SSSR count). The van der Waals surface area contributed by atoms with Crippen molar-refractivity contribution < 1.29 is 18.7 Å². The molecule has 0 bridgehead atoms. The molecule has 1 amide bonds. The molecule has 1 aromatic carbocycles. The fraction of sp³-hybridized carbons (Fsp3) is 0.429. The molecule has 0 unspecified atom stereocenters. The van der Waals surface area contributed by atoms with Gasteiger partial charge in [-0.3, -0.25) is 4.79 Å². The van der Waals surface area contributed by atoms with Gasteiger partial charge in [-0.15, -0.1) is 0 Å². The van der Waals surface area contributed by atoms with E-state index in [9.17, 15) is 14.0 Å². The Morgan fingerprint density at radius 3 is 2.85 bits per heavy atom.